The van der Waals surface area contributed by atoms with E-state index in [0.29, 0.717) is 12.4 Å². The predicted octanol–water partition coefficient (Wildman–Crippen LogP) is 3.74. The molecule has 0 saturated carbocycles. The lowest BCUT2D eigenvalue weighted by molar-refractivity contribution is 0.627. The van der Waals surface area contributed by atoms with Gasteiger partial charge in [0.05, 0.1) is 0 Å². The van der Waals surface area contributed by atoms with E-state index in [-0.39, 0.29) is 11.1 Å². The number of aryl methyl sites for hydroxylation is 1. The van der Waals surface area contributed by atoms with E-state index in [4.69, 9.17) is 11.6 Å². The second kappa shape index (κ2) is 5.31. The minimum atomic E-state index is -0.258. The van der Waals surface area contributed by atoms with Crippen LogP contribution in [0.15, 0.2) is 30.3 Å². The van der Waals surface area contributed by atoms with Crippen LogP contribution in [0.4, 0.5) is 15.9 Å². The summed E-state index contributed by atoms with van der Waals surface area (Å²) in [5, 5.41) is 0.213. The summed E-state index contributed by atoms with van der Waals surface area (Å²) in [6.07, 6.45) is 0. The maximum Gasteiger partial charge on any atom is 0.224 e. The second-order valence-corrected chi connectivity index (χ2v) is 4.20. The summed E-state index contributed by atoms with van der Waals surface area (Å²) >= 11 is 5.85. The van der Waals surface area contributed by atoms with E-state index >= 15 is 0 Å². The maximum atomic E-state index is 12.9. The average Bonchev–Trinajstić information content (AvgIpc) is 2.31. The van der Waals surface area contributed by atoms with Crippen LogP contribution in [-0.4, -0.2) is 16.5 Å². The third kappa shape index (κ3) is 2.76. The van der Waals surface area contributed by atoms with Crippen molar-refractivity contribution in [2.45, 2.75) is 13.8 Å². The van der Waals surface area contributed by atoms with Crippen LogP contribution in [0.5, 0.6) is 0 Å². The predicted molar refractivity (Wildman–Crippen MR) is 70.9 cm³/mol. The molecule has 0 spiro atoms. The molecule has 0 amide bonds. The minimum Gasteiger partial charge on any atom is -0.327 e. The first-order valence-electron chi connectivity index (χ1n) is 5.64. The number of anilines is 2. The van der Waals surface area contributed by atoms with Crippen LogP contribution in [0.25, 0.3) is 0 Å². The Balaban J connectivity index is 2.41. The van der Waals surface area contributed by atoms with Gasteiger partial charge in [0.2, 0.25) is 5.28 Å². The van der Waals surface area contributed by atoms with Gasteiger partial charge in [-0.3, -0.25) is 0 Å². The van der Waals surface area contributed by atoms with Crippen molar-refractivity contribution in [2.75, 3.05) is 11.4 Å². The van der Waals surface area contributed by atoms with Crippen molar-refractivity contribution in [2.24, 2.45) is 0 Å². The monoisotopic (exact) mass is 265 g/mol. The number of aromatic nitrogens is 2. The van der Waals surface area contributed by atoms with Gasteiger partial charge < -0.3 is 4.90 Å². The lowest BCUT2D eigenvalue weighted by Crippen LogP contribution is -2.17. The van der Waals surface area contributed by atoms with E-state index in [1.54, 1.807) is 12.1 Å². The van der Waals surface area contributed by atoms with E-state index in [2.05, 4.69) is 9.97 Å². The van der Waals surface area contributed by atoms with Crippen LogP contribution in [0.3, 0.4) is 0 Å². The van der Waals surface area contributed by atoms with E-state index in [0.717, 1.165) is 11.4 Å². The van der Waals surface area contributed by atoms with Gasteiger partial charge in [-0.1, -0.05) is 0 Å². The molecule has 2 rings (SSSR count). The van der Waals surface area contributed by atoms with Gasteiger partial charge in [-0.25, -0.2) is 14.4 Å². The third-order valence-electron chi connectivity index (χ3n) is 2.54. The van der Waals surface area contributed by atoms with Crippen LogP contribution in [-0.2, 0) is 0 Å². The highest BCUT2D eigenvalue weighted by atomic mass is 35.5. The highest BCUT2D eigenvalue weighted by Crippen LogP contribution is 2.24. The van der Waals surface area contributed by atoms with Crippen LogP contribution < -0.4 is 4.90 Å². The standard InChI is InChI=1S/C13H13ClFN3/c1-3-18(11-6-4-10(15)5-7-11)12-8-9(2)16-13(14)17-12/h4-8H,3H2,1-2H3. The van der Waals surface area contributed by atoms with Crippen molar-refractivity contribution in [3.63, 3.8) is 0 Å². The van der Waals surface area contributed by atoms with Gasteiger partial charge in [-0.05, 0) is 49.7 Å². The van der Waals surface area contributed by atoms with Crippen molar-refractivity contribution < 1.29 is 4.39 Å². The minimum absolute atomic E-state index is 0.213. The van der Waals surface area contributed by atoms with Gasteiger partial charge in [0.15, 0.2) is 0 Å². The lowest BCUT2D eigenvalue weighted by Gasteiger charge is -2.22. The average molecular weight is 266 g/mol. The molecule has 0 aliphatic carbocycles. The molecule has 94 valence electrons. The van der Waals surface area contributed by atoms with Crippen LogP contribution in [0, 0.1) is 12.7 Å². The SMILES string of the molecule is CCN(c1ccc(F)cc1)c1cc(C)nc(Cl)n1. The summed E-state index contributed by atoms with van der Waals surface area (Å²) in [5.41, 5.74) is 1.67. The summed E-state index contributed by atoms with van der Waals surface area (Å²) in [6.45, 7) is 4.56. The van der Waals surface area contributed by atoms with Crippen LogP contribution in [0.1, 0.15) is 12.6 Å². The Morgan fingerprint density at radius 1 is 1.22 bits per heavy atom. The molecule has 18 heavy (non-hydrogen) atoms. The smallest absolute Gasteiger partial charge is 0.224 e. The molecule has 0 fully saturated rings. The molecule has 1 aromatic carbocycles. The second-order valence-electron chi connectivity index (χ2n) is 3.86. The highest BCUT2D eigenvalue weighted by molar-refractivity contribution is 6.28. The summed E-state index contributed by atoms with van der Waals surface area (Å²) in [4.78, 5) is 10.2. The number of rotatable bonds is 3. The first kappa shape index (κ1) is 12.8. The zero-order valence-electron chi connectivity index (χ0n) is 10.2. The van der Waals surface area contributed by atoms with E-state index in [1.165, 1.54) is 12.1 Å². The van der Waals surface area contributed by atoms with E-state index in [9.17, 15) is 4.39 Å². The summed E-state index contributed by atoms with van der Waals surface area (Å²) in [5.74, 6) is 0.452. The van der Waals surface area contributed by atoms with Gasteiger partial charge in [-0.2, -0.15) is 0 Å². The molecule has 0 atom stereocenters. The molecule has 0 aliphatic heterocycles. The fraction of sp³-hybridized carbons (Fsp3) is 0.231. The first-order valence-corrected chi connectivity index (χ1v) is 6.02. The lowest BCUT2D eigenvalue weighted by atomic mass is 10.2. The van der Waals surface area contributed by atoms with Crippen molar-refractivity contribution in [3.8, 4) is 0 Å². The molecule has 0 saturated heterocycles. The van der Waals surface area contributed by atoms with Crippen molar-refractivity contribution in [1.82, 2.24) is 9.97 Å². The largest absolute Gasteiger partial charge is 0.327 e. The fourth-order valence-electron chi connectivity index (χ4n) is 1.75. The molecular formula is C13H13ClFN3. The molecule has 0 unspecified atom stereocenters. The number of nitrogens with zero attached hydrogens (tertiary/aromatic N) is 3. The van der Waals surface area contributed by atoms with Crippen LogP contribution >= 0.6 is 11.6 Å². The maximum absolute atomic E-state index is 12.9. The molecule has 5 heteroatoms. The van der Waals surface area contributed by atoms with Crippen molar-refractivity contribution in [3.05, 3.63) is 47.1 Å². The Morgan fingerprint density at radius 2 is 1.89 bits per heavy atom. The van der Waals surface area contributed by atoms with Gasteiger partial charge in [0, 0.05) is 24.0 Å². The first-order chi connectivity index (χ1) is 8.60. The molecular weight excluding hydrogens is 253 g/mol. The highest BCUT2D eigenvalue weighted by Gasteiger charge is 2.10. The molecule has 0 bridgehead atoms. The Kier molecular flexibility index (Phi) is 3.77. The van der Waals surface area contributed by atoms with Gasteiger partial charge in [0.25, 0.3) is 0 Å². The molecule has 1 heterocycles. The number of halogens is 2. The quantitative estimate of drug-likeness (QED) is 0.792. The Morgan fingerprint density at radius 3 is 2.44 bits per heavy atom. The topological polar surface area (TPSA) is 29.0 Å². The van der Waals surface area contributed by atoms with Crippen molar-refractivity contribution >= 4 is 23.1 Å². The number of hydrogen-bond acceptors (Lipinski definition) is 3. The zero-order valence-corrected chi connectivity index (χ0v) is 10.9. The van der Waals surface area contributed by atoms with Gasteiger partial charge in [-0.15, -0.1) is 0 Å². The Bertz CT molecular complexity index is 522. The Labute approximate surface area is 110 Å². The normalized spacial score (nSPS) is 10.4. The number of hydrogen-bond donors (Lipinski definition) is 0. The Hall–Kier alpha value is -1.68. The zero-order chi connectivity index (χ0) is 13.1. The molecule has 0 radical (unpaired) electrons. The van der Waals surface area contributed by atoms with E-state index < -0.39 is 0 Å². The molecule has 0 N–H and O–H groups in total. The van der Waals surface area contributed by atoms with Gasteiger partial charge in [0.1, 0.15) is 11.6 Å². The number of benzene rings is 1. The fourth-order valence-corrected chi connectivity index (χ4v) is 1.97. The molecule has 1 aromatic heterocycles. The van der Waals surface area contributed by atoms with Gasteiger partial charge >= 0.3 is 0 Å². The van der Waals surface area contributed by atoms with E-state index in [1.807, 2.05) is 24.8 Å². The molecule has 3 nitrogen and oxygen atoms in total. The summed E-state index contributed by atoms with van der Waals surface area (Å²) in [6, 6.07) is 8.12. The molecule has 2 aromatic rings. The van der Waals surface area contributed by atoms with Crippen molar-refractivity contribution in [1.29, 1.82) is 0 Å². The summed E-state index contributed by atoms with van der Waals surface area (Å²) in [7, 11) is 0. The summed E-state index contributed by atoms with van der Waals surface area (Å²) < 4.78 is 12.9. The third-order valence-corrected chi connectivity index (χ3v) is 2.71. The molecule has 0 aliphatic rings. The van der Waals surface area contributed by atoms with Crippen LogP contribution in [0.2, 0.25) is 5.28 Å².